The molecule has 0 aromatic heterocycles. The molecule has 1 aromatic carbocycles. The van der Waals surface area contributed by atoms with Gasteiger partial charge in [-0.05, 0) is 12.5 Å². The minimum atomic E-state index is -1.32. The lowest BCUT2D eigenvalue weighted by Gasteiger charge is -2.31. The SMILES string of the molecule is COC(=O)C1(C)CC(F)CN1C(=O)OCc1ccccc1. The van der Waals surface area contributed by atoms with Crippen molar-refractivity contribution in [2.45, 2.75) is 31.7 Å². The fourth-order valence-electron chi connectivity index (χ4n) is 2.49. The van der Waals surface area contributed by atoms with Crippen molar-refractivity contribution in [3.05, 3.63) is 35.9 Å². The second-order valence-electron chi connectivity index (χ2n) is 5.22. The predicted octanol–water partition coefficient (Wildman–Crippen LogP) is 2.30. The summed E-state index contributed by atoms with van der Waals surface area (Å²) in [4.78, 5) is 25.1. The maximum absolute atomic E-state index is 13.6. The number of benzene rings is 1. The van der Waals surface area contributed by atoms with Crippen LogP contribution in [0.3, 0.4) is 0 Å². The molecule has 2 rings (SSSR count). The highest BCUT2D eigenvalue weighted by atomic mass is 19.1. The van der Waals surface area contributed by atoms with Crippen molar-refractivity contribution in [3.63, 3.8) is 0 Å². The molecule has 1 aromatic rings. The van der Waals surface area contributed by atoms with E-state index in [0.717, 1.165) is 10.5 Å². The minimum Gasteiger partial charge on any atom is -0.467 e. The third-order valence-electron chi connectivity index (χ3n) is 3.65. The number of halogens is 1. The van der Waals surface area contributed by atoms with Gasteiger partial charge in [-0.2, -0.15) is 0 Å². The standard InChI is InChI=1S/C15H18FNO4/c1-15(13(18)20-2)8-12(16)9-17(15)14(19)21-10-11-6-4-3-5-7-11/h3-7,12H,8-10H2,1-2H3. The highest BCUT2D eigenvalue weighted by Crippen LogP contribution is 2.32. The van der Waals surface area contributed by atoms with Gasteiger partial charge < -0.3 is 9.47 Å². The van der Waals surface area contributed by atoms with Crippen LogP contribution in [-0.4, -0.2) is 42.3 Å². The average Bonchev–Trinajstić information content (AvgIpc) is 2.81. The molecule has 5 nitrogen and oxygen atoms in total. The minimum absolute atomic E-state index is 0.0738. The van der Waals surface area contributed by atoms with Crippen molar-refractivity contribution in [2.24, 2.45) is 0 Å². The van der Waals surface area contributed by atoms with Gasteiger partial charge in [0.25, 0.3) is 0 Å². The van der Waals surface area contributed by atoms with Crippen LogP contribution < -0.4 is 0 Å². The van der Waals surface area contributed by atoms with Crippen LogP contribution >= 0.6 is 0 Å². The summed E-state index contributed by atoms with van der Waals surface area (Å²) in [6.07, 6.45) is -2.06. The largest absolute Gasteiger partial charge is 0.467 e. The van der Waals surface area contributed by atoms with Gasteiger partial charge in [-0.15, -0.1) is 0 Å². The Bertz CT molecular complexity index is 522. The van der Waals surface area contributed by atoms with Crippen LogP contribution in [-0.2, 0) is 20.9 Å². The zero-order chi connectivity index (χ0) is 15.5. The van der Waals surface area contributed by atoms with Gasteiger partial charge in [-0.25, -0.2) is 14.0 Å². The van der Waals surface area contributed by atoms with E-state index < -0.39 is 23.8 Å². The number of carbonyl (C=O) groups excluding carboxylic acids is 2. The molecule has 1 aliphatic rings. The maximum atomic E-state index is 13.6. The lowest BCUT2D eigenvalue weighted by Crippen LogP contribution is -2.51. The van der Waals surface area contributed by atoms with Gasteiger partial charge in [0.2, 0.25) is 0 Å². The zero-order valence-electron chi connectivity index (χ0n) is 12.0. The van der Waals surface area contributed by atoms with Crippen LogP contribution in [0.2, 0.25) is 0 Å². The number of esters is 1. The van der Waals surface area contributed by atoms with Gasteiger partial charge in [0.1, 0.15) is 18.3 Å². The summed E-state index contributed by atoms with van der Waals surface area (Å²) in [6, 6.07) is 9.14. The monoisotopic (exact) mass is 295 g/mol. The van der Waals surface area contributed by atoms with E-state index in [0.29, 0.717) is 0 Å². The number of rotatable bonds is 3. The van der Waals surface area contributed by atoms with E-state index in [1.807, 2.05) is 30.3 Å². The first-order chi connectivity index (χ1) is 9.97. The molecule has 0 radical (unpaired) electrons. The fourth-order valence-corrected chi connectivity index (χ4v) is 2.49. The van der Waals surface area contributed by atoms with Gasteiger partial charge >= 0.3 is 12.1 Å². The number of likely N-dealkylation sites (tertiary alicyclic amines) is 1. The van der Waals surface area contributed by atoms with Crippen LogP contribution in [0.1, 0.15) is 18.9 Å². The Morgan fingerprint density at radius 2 is 2.05 bits per heavy atom. The van der Waals surface area contributed by atoms with Crippen molar-refractivity contribution in [2.75, 3.05) is 13.7 Å². The Hall–Kier alpha value is -2.11. The molecule has 21 heavy (non-hydrogen) atoms. The average molecular weight is 295 g/mol. The molecule has 1 fully saturated rings. The summed E-state index contributed by atoms with van der Waals surface area (Å²) >= 11 is 0. The first-order valence-corrected chi connectivity index (χ1v) is 6.68. The lowest BCUT2D eigenvalue weighted by molar-refractivity contribution is -0.151. The van der Waals surface area contributed by atoms with Crippen molar-refractivity contribution < 1.29 is 23.5 Å². The lowest BCUT2D eigenvalue weighted by atomic mass is 9.99. The van der Waals surface area contributed by atoms with Crippen LogP contribution in [0, 0.1) is 0 Å². The second kappa shape index (κ2) is 6.11. The highest BCUT2D eigenvalue weighted by molar-refractivity contribution is 5.86. The van der Waals surface area contributed by atoms with Crippen LogP contribution in [0.4, 0.5) is 9.18 Å². The van der Waals surface area contributed by atoms with E-state index in [4.69, 9.17) is 4.74 Å². The quantitative estimate of drug-likeness (QED) is 0.803. The topological polar surface area (TPSA) is 55.8 Å². The van der Waals surface area contributed by atoms with E-state index in [-0.39, 0.29) is 19.6 Å². The smallest absolute Gasteiger partial charge is 0.411 e. The molecule has 0 spiro atoms. The molecule has 2 unspecified atom stereocenters. The zero-order valence-corrected chi connectivity index (χ0v) is 12.0. The number of alkyl halides is 1. The van der Waals surface area contributed by atoms with Gasteiger partial charge in [-0.3, -0.25) is 4.90 Å². The fraction of sp³-hybridized carbons (Fsp3) is 0.467. The Morgan fingerprint density at radius 1 is 1.38 bits per heavy atom. The third kappa shape index (κ3) is 3.15. The molecule has 0 saturated carbocycles. The first-order valence-electron chi connectivity index (χ1n) is 6.68. The first kappa shape index (κ1) is 15.3. The molecule has 0 bridgehead atoms. The van der Waals surface area contributed by atoms with Gasteiger partial charge in [0, 0.05) is 6.42 Å². The Morgan fingerprint density at radius 3 is 2.67 bits per heavy atom. The molecule has 2 atom stereocenters. The Labute approximate surface area is 122 Å². The van der Waals surface area contributed by atoms with E-state index in [1.165, 1.54) is 14.0 Å². The van der Waals surface area contributed by atoms with Crippen molar-refractivity contribution >= 4 is 12.1 Å². The molecule has 1 amide bonds. The number of amides is 1. The van der Waals surface area contributed by atoms with E-state index >= 15 is 0 Å². The summed E-state index contributed by atoms with van der Waals surface area (Å²) in [5.74, 6) is -0.640. The van der Waals surface area contributed by atoms with E-state index in [9.17, 15) is 14.0 Å². The number of nitrogens with zero attached hydrogens (tertiary/aromatic N) is 1. The maximum Gasteiger partial charge on any atom is 0.411 e. The normalized spacial score (nSPS) is 24.7. The Kier molecular flexibility index (Phi) is 4.45. The molecule has 1 aliphatic heterocycles. The molecule has 0 aliphatic carbocycles. The van der Waals surface area contributed by atoms with Crippen molar-refractivity contribution in [1.29, 1.82) is 0 Å². The number of carbonyl (C=O) groups is 2. The Balaban J connectivity index is 2.05. The van der Waals surface area contributed by atoms with E-state index in [1.54, 1.807) is 0 Å². The third-order valence-corrected chi connectivity index (χ3v) is 3.65. The van der Waals surface area contributed by atoms with Gasteiger partial charge in [0.15, 0.2) is 0 Å². The number of methoxy groups -OCH3 is 1. The molecule has 114 valence electrons. The molecule has 1 saturated heterocycles. The summed E-state index contributed by atoms with van der Waals surface area (Å²) in [7, 11) is 1.21. The summed E-state index contributed by atoms with van der Waals surface area (Å²) in [6.45, 7) is 1.39. The summed E-state index contributed by atoms with van der Waals surface area (Å²) < 4.78 is 23.5. The van der Waals surface area contributed by atoms with Crippen molar-refractivity contribution in [3.8, 4) is 0 Å². The molecular weight excluding hydrogens is 277 g/mol. The second-order valence-corrected chi connectivity index (χ2v) is 5.22. The van der Waals surface area contributed by atoms with Crippen LogP contribution in [0.15, 0.2) is 30.3 Å². The van der Waals surface area contributed by atoms with Gasteiger partial charge in [-0.1, -0.05) is 30.3 Å². The molecule has 6 heteroatoms. The van der Waals surface area contributed by atoms with E-state index in [2.05, 4.69) is 4.74 Å². The predicted molar refractivity (Wildman–Crippen MR) is 73.3 cm³/mol. The van der Waals surface area contributed by atoms with Crippen molar-refractivity contribution in [1.82, 2.24) is 4.90 Å². The number of ether oxygens (including phenoxy) is 2. The summed E-state index contributed by atoms with van der Waals surface area (Å²) in [5, 5.41) is 0. The summed E-state index contributed by atoms with van der Waals surface area (Å²) in [5.41, 5.74) is -0.497. The molecular formula is C15H18FNO4. The molecule has 0 N–H and O–H groups in total. The van der Waals surface area contributed by atoms with Gasteiger partial charge in [0.05, 0.1) is 13.7 Å². The number of hydrogen-bond acceptors (Lipinski definition) is 4. The molecule has 1 heterocycles. The highest BCUT2D eigenvalue weighted by Gasteiger charge is 2.51. The number of hydrogen-bond donors (Lipinski definition) is 0. The van der Waals surface area contributed by atoms with Crippen LogP contribution in [0.5, 0.6) is 0 Å². The van der Waals surface area contributed by atoms with Crippen LogP contribution in [0.25, 0.3) is 0 Å².